The highest BCUT2D eigenvalue weighted by atomic mass is 31.2. The predicted octanol–water partition coefficient (Wildman–Crippen LogP) is 11.4. The summed E-state index contributed by atoms with van der Waals surface area (Å²) in [7, 11) is 1.42. The summed E-state index contributed by atoms with van der Waals surface area (Å²) in [6, 6.07) is 0. The predicted molar refractivity (Wildman–Crippen MR) is 235 cm³/mol. The van der Waals surface area contributed by atoms with E-state index < -0.39 is 32.5 Å². The first kappa shape index (κ1) is 54.7. The van der Waals surface area contributed by atoms with E-state index in [0.29, 0.717) is 23.9 Å². The van der Waals surface area contributed by atoms with Crippen LogP contribution in [0, 0.1) is 0 Å². The van der Waals surface area contributed by atoms with Crippen molar-refractivity contribution in [2.75, 3.05) is 54.1 Å². The zero-order valence-electron chi connectivity index (χ0n) is 36.5. The van der Waals surface area contributed by atoms with Crippen molar-refractivity contribution in [3.8, 4) is 0 Å². The number of aliphatic hydroxyl groups excluding tert-OH is 1. The number of quaternary nitrogens is 1. The van der Waals surface area contributed by atoms with Crippen molar-refractivity contribution in [1.82, 2.24) is 0 Å². The average Bonchev–Trinajstić information content (AvgIpc) is 3.16. The topological polar surface area (TPSA) is 129 Å². The van der Waals surface area contributed by atoms with Crippen LogP contribution < -0.4 is 0 Å². The molecule has 2 atom stereocenters. The number of rotatable bonds is 40. The molecule has 0 radical (unpaired) electrons. The number of esters is 2. The number of carbonyl (C=O) groups excluding carboxylic acids is 2. The van der Waals surface area contributed by atoms with E-state index in [2.05, 4.69) is 61.6 Å². The number of ether oxygens (including phenoxy) is 2. The van der Waals surface area contributed by atoms with Gasteiger partial charge in [-0.25, -0.2) is 4.57 Å². The van der Waals surface area contributed by atoms with Crippen molar-refractivity contribution in [2.24, 2.45) is 0 Å². The highest BCUT2D eigenvalue weighted by Crippen LogP contribution is 2.43. The molecule has 0 saturated carbocycles. The quantitative estimate of drug-likeness (QED) is 0.0204. The first-order chi connectivity index (χ1) is 27.5. The number of phosphoric acid groups is 1. The van der Waals surface area contributed by atoms with Crippen LogP contribution in [0.3, 0.4) is 0 Å². The molecule has 0 aromatic heterocycles. The Balaban J connectivity index is 4.46. The molecule has 57 heavy (non-hydrogen) atoms. The number of aliphatic hydroxyl groups is 1. The molecule has 11 heteroatoms. The van der Waals surface area contributed by atoms with E-state index in [-0.39, 0.29) is 32.7 Å². The lowest BCUT2D eigenvalue weighted by Crippen LogP contribution is -2.37. The second-order valence-corrected chi connectivity index (χ2v) is 17.3. The second kappa shape index (κ2) is 39.1. The molecule has 0 aromatic carbocycles. The van der Waals surface area contributed by atoms with E-state index in [1.165, 1.54) is 51.4 Å². The number of carbonyl (C=O) groups is 2. The lowest BCUT2D eigenvalue weighted by atomic mass is 10.1. The number of allylic oxidation sites excluding steroid dienone is 10. The lowest BCUT2D eigenvalue weighted by Gasteiger charge is -2.24. The molecule has 0 rings (SSSR count). The van der Waals surface area contributed by atoms with Crippen molar-refractivity contribution in [3.05, 3.63) is 60.8 Å². The summed E-state index contributed by atoms with van der Waals surface area (Å²) < 4.78 is 34.2. The number of nitrogens with zero attached hydrogens (tertiary/aromatic N) is 1. The lowest BCUT2D eigenvalue weighted by molar-refractivity contribution is -0.870. The van der Waals surface area contributed by atoms with Crippen LogP contribution in [0.5, 0.6) is 0 Å². The zero-order valence-corrected chi connectivity index (χ0v) is 37.4. The van der Waals surface area contributed by atoms with Crippen LogP contribution in [-0.4, -0.2) is 86.6 Å². The van der Waals surface area contributed by atoms with Crippen molar-refractivity contribution in [1.29, 1.82) is 0 Å². The number of hydrogen-bond acceptors (Lipinski definition) is 8. The number of unbranched alkanes of at least 4 members (excludes halogenated alkanes) is 15. The van der Waals surface area contributed by atoms with Crippen molar-refractivity contribution in [2.45, 2.75) is 167 Å². The minimum absolute atomic E-state index is 0.0155. The molecule has 0 aliphatic carbocycles. The van der Waals surface area contributed by atoms with Crippen molar-refractivity contribution < 1.29 is 47.2 Å². The molecule has 10 nitrogen and oxygen atoms in total. The first-order valence-electron chi connectivity index (χ1n) is 22.1. The fourth-order valence-corrected chi connectivity index (χ4v) is 6.31. The second-order valence-electron chi connectivity index (χ2n) is 15.8. The molecule has 0 aliphatic heterocycles. The van der Waals surface area contributed by atoms with E-state index in [9.17, 15) is 19.0 Å². The molecule has 0 spiro atoms. The Kier molecular flexibility index (Phi) is 37.5. The van der Waals surface area contributed by atoms with Crippen LogP contribution in [0.15, 0.2) is 60.8 Å². The van der Waals surface area contributed by atoms with Gasteiger partial charge in [0.05, 0.1) is 27.7 Å². The summed E-state index contributed by atoms with van der Waals surface area (Å²) in [6.45, 7) is 2.33. The monoisotopic (exact) mass is 825 g/mol. The third kappa shape index (κ3) is 43.1. The third-order valence-electron chi connectivity index (χ3n) is 9.07. The fourth-order valence-electron chi connectivity index (χ4n) is 5.57. The van der Waals surface area contributed by atoms with Gasteiger partial charge in [0.15, 0.2) is 6.10 Å². The van der Waals surface area contributed by atoms with Crippen LogP contribution >= 0.6 is 7.82 Å². The first-order valence-corrected chi connectivity index (χ1v) is 23.6. The van der Waals surface area contributed by atoms with Gasteiger partial charge in [0.25, 0.3) is 0 Å². The molecular formula is C46H83NO9P+. The minimum Gasteiger partial charge on any atom is -0.462 e. The van der Waals surface area contributed by atoms with Crippen LogP contribution in [0.25, 0.3) is 0 Å². The van der Waals surface area contributed by atoms with E-state index in [4.69, 9.17) is 23.6 Å². The molecule has 0 amide bonds. The number of likely N-dealkylation sites (N-methyl/N-ethyl adjacent to an activating group) is 1. The molecule has 0 heterocycles. The summed E-state index contributed by atoms with van der Waals surface area (Å²) in [4.78, 5) is 35.3. The van der Waals surface area contributed by atoms with Gasteiger partial charge in [-0.1, -0.05) is 125 Å². The third-order valence-corrected chi connectivity index (χ3v) is 10.1. The molecule has 330 valence electrons. The zero-order chi connectivity index (χ0) is 42.1. The van der Waals surface area contributed by atoms with Crippen LogP contribution in [0.4, 0.5) is 0 Å². The van der Waals surface area contributed by atoms with Crippen LogP contribution in [0.1, 0.15) is 161 Å². The van der Waals surface area contributed by atoms with E-state index in [0.717, 1.165) is 77.0 Å². The Morgan fingerprint density at radius 1 is 0.579 bits per heavy atom. The van der Waals surface area contributed by atoms with Crippen molar-refractivity contribution >= 4 is 19.8 Å². The van der Waals surface area contributed by atoms with Gasteiger partial charge in [0.1, 0.15) is 19.8 Å². The van der Waals surface area contributed by atoms with Crippen LogP contribution in [-0.2, 0) is 32.7 Å². The standard InChI is InChI=1S/C46H82NO9P/c1-5-6-7-8-9-10-11-12-16-20-23-26-29-32-35-38-46(50)56-44(43-55-57(51,52)54-41-39-47(2,3)4)42-53-45(49)37-34-31-28-25-22-19-17-14-13-15-18-21-24-27-30-33-36-40-48/h10-11,13,15,17,19,21,24-25,28,44,48H,5-9,12,14,16,18,20,22-23,26-27,29-43H2,1-4H3/p+1/b11-10-,15-13-,19-17-,24-21-,28-25-/t44-/m1/s1. The Hall–Kier alpha value is -2.33. The fraction of sp³-hybridized carbons (Fsp3) is 0.739. The highest BCUT2D eigenvalue weighted by molar-refractivity contribution is 7.47. The summed E-state index contributed by atoms with van der Waals surface area (Å²) >= 11 is 0. The summed E-state index contributed by atoms with van der Waals surface area (Å²) in [5, 5.41) is 8.80. The van der Waals surface area contributed by atoms with Gasteiger partial charge < -0.3 is 24.0 Å². The largest absolute Gasteiger partial charge is 0.472 e. The smallest absolute Gasteiger partial charge is 0.462 e. The van der Waals surface area contributed by atoms with Gasteiger partial charge in [0.2, 0.25) is 0 Å². The SMILES string of the molecule is CCCCCC/C=C\CCCCCCCCCC(=O)O[C@H](COC(=O)CCC/C=C\C/C=C\C/C=C\C/C=C\CCCCCO)COP(=O)(O)OCC[N+](C)(C)C. The maximum absolute atomic E-state index is 12.7. The summed E-state index contributed by atoms with van der Waals surface area (Å²) in [5.41, 5.74) is 0. The average molecular weight is 825 g/mol. The molecule has 1 unspecified atom stereocenters. The van der Waals surface area contributed by atoms with Crippen molar-refractivity contribution in [3.63, 3.8) is 0 Å². The molecule has 0 bridgehead atoms. The molecule has 0 aromatic rings. The van der Waals surface area contributed by atoms with E-state index in [1.807, 2.05) is 27.2 Å². The number of phosphoric ester groups is 1. The molecular weight excluding hydrogens is 741 g/mol. The Labute approximate surface area is 348 Å². The van der Waals surface area contributed by atoms with Gasteiger partial charge in [-0.3, -0.25) is 18.6 Å². The van der Waals surface area contributed by atoms with Gasteiger partial charge in [-0.05, 0) is 83.5 Å². The number of hydrogen-bond donors (Lipinski definition) is 2. The van der Waals surface area contributed by atoms with Gasteiger partial charge >= 0.3 is 19.8 Å². The normalized spacial score (nSPS) is 14.1. The maximum atomic E-state index is 12.7. The maximum Gasteiger partial charge on any atom is 0.472 e. The Morgan fingerprint density at radius 2 is 1.04 bits per heavy atom. The van der Waals surface area contributed by atoms with E-state index >= 15 is 0 Å². The van der Waals surface area contributed by atoms with Gasteiger partial charge in [-0.2, -0.15) is 0 Å². The minimum atomic E-state index is -4.40. The van der Waals surface area contributed by atoms with Gasteiger partial charge in [0, 0.05) is 19.4 Å². The van der Waals surface area contributed by atoms with Crippen LogP contribution in [0.2, 0.25) is 0 Å². The van der Waals surface area contributed by atoms with E-state index in [1.54, 1.807) is 0 Å². The van der Waals surface area contributed by atoms with Gasteiger partial charge in [-0.15, -0.1) is 0 Å². The Morgan fingerprint density at radius 3 is 1.58 bits per heavy atom. The Bertz CT molecular complexity index is 1160. The summed E-state index contributed by atoms with van der Waals surface area (Å²) in [6.07, 6.45) is 44.3. The molecule has 0 aliphatic rings. The highest BCUT2D eigenvalue weighted by Gasteiger charge is 2.27. The molecule has 2 N–H and O–H groups in total. The molecule has 0 saturated heterocycles. The summed E-state index contributed by atoms with van der Waals surface area (Å²) in [5.74, 6) is -0.887. The molecule has 0 fully saturated rings.